The van der Waals surface area contributed by atoms with E-state index < -0.39 is 0 Å². The van der Waals surface area contributed by atoms with Crippen LogP contribution in [0, 0.1) is 5.92 Å². The van der Waals surface area contributed by atoms with E-state index in [9.17, 15) is 4.79 Å². The summed E-state index contributed by atoms with van der Waals surface area (Å²) in [6, 6.07) is 0. The first kappa shape index (κ1) is 14.4. The molecule has 0 heterocycles. The molecule has 3 N–H and O–H groups in total. The molecule has 0 saturated heterocycles. The fourth-order valence-electron chi connectivity index (χ4n) is 1.30. The molecule has 0 aromatic carbocycles. The van der Waals surface area contributed by atoms with Crippen molar-refractivity contribution in [3.8, 4) is 0 Å². The Morgan fingerprint density at radius 1 is 1.53 bits per heavy atom. The lowest BCUT2D eigenvalue weighted by Crippen LogP contribution is -2.32. The fraction of sp³-hybridized carbons (Fsp3) is 0.909. The molecule has 1 amide bonds. The van der Waals surface area contributed by atoms with E-state index in [0.717, 1.165) is 6.42 Å². The summed E-state index contributed by atoms with van der Waals surface area (Å²) in [7, 11) is 1.77. The van der Waals surface area contributed by atoms with Crippen molar-refractivity contribution in [2.75, 3.05) is 20.1 Å². The molecule has 0 radical (unpaired) electrons. The fourth-order valence-corrected chi connectivity index (χ4v) is 1.30. The third-order valence-electron chi connectivity index (χ3n) is 2.68. The third kappa shape index (κ3) is 6.47. The van der Waals surface area contributed by atoms with E-state index in [1.165, 1.54) is 0 Å². The molecule has 0 aliphatic rings. The van der Waals surface area contributed by atoms with Crippen molar-refractivity contribution in [2.45, 2.75) is 39.2 Å². The Balaban J connectivity index is 3.87. The largest absolute Gasteiger partial charge is 0.393 e. The first-order chi connectivity index (χ1) is 7.01. The highest BCUT2D eigenvalue weighted by Gasteiger charge is 2.14. The molecular formula is C11H24N2O2. The summed E-state index contributed by atoms with van der Waals surface area (Å²) in [5, 5.41) is 9.10. The van der Waals surface area contributed by atoms with Crippen LogP contribution in [-0.2, 0) is 4.79 Å². The minimum absolute atomic E-state index is 0.118. The summed E-state index contributed by atoms with van der Waals surface area (Å²) in [5.74, 6) is 0.402. The molecule has 0 aromatic rings. The molecule has 0 rings (SSSR count). The molecule has 90 valence electrons. The maximum absolute atomic E-state index is 11.7. The van der Waals surface area contributed by atoms with Crippen molar-refractivity contribution >= 4 is 5.91 Å². The van der Waals surface area contributed by atoms with Gasteiger partial charge >= 0.3 is 0 Å². The predicted molar refractivity (Wildman–Crippen MR) is 61.4 cm³/mol. The molecule has 0 fully saturated rings. The van der Waals surface area contributed by atoms with E-state index in [1.54, 1.807) is 18.9 Å². The lowest BCUT2D eigenvalue weighted by Gasteiger charge is -2.20. The molecule has 0 aliphatic heterocycles. The van der Waals surface area contributed by atoms with E-state index in [0.29, 0.717) is 25.9 Å². The van der Waals surface area contributed by atoms with E-state index in [1.807, 2.05) is 6.92 Å². The number of nitrogens with zero attached hydrogens (tertiary/aromatic N) is 1. The van der Waals surface area contributed by atoms with Gasteiger partial charge in [-0.15, -0.1) is 0 Å². The van der Waals surface area contributed by atoms with E-state index in [-0.39, 0.29) is 17.9 Å². The van der Waals surface area contributed by atoms with Crippen LogP contribution in [0.4, 0.5) is 0 Å². The number of hydrogen-bond donors (Lipinski definition) is 2. The molecule has 15 heavy (non-hydrogen) atoms. The quantitative estimate of drug-likeness (QED) is 0.654. The molecule has 0 spiro atoms. The first-order valence-corrected chi connectivity index (χ1v) is 5.63. The third-order valence-corrected chi connectivity index (χ3v) is 2.68. The summed E-state index contributed by atoms with van der Waals surface area (Å²) in [4.78, 5) is 13.3. The van der Waals surface area contributed by atoms with Crippen LogP contribution in [0.25, 0.3) is 0 Å². The van der Waals surface area contributed by atoms with Gasteiger partial charge in [0.25, 0.3) is 0 Å². The zero-order chi connectivity index (χ0) is 11.8. The summed E-state index contributed by atoms with van der Waals surface area (Å²) in [6.45, 7) is 4.94. The zero-order valence-corrected chi connectivity index (χ0v) is 10.1. The van der Waals surface area contributed by atoms with Crippen molar-refractivity contribution in [3.05, 3.63) is 0 Å². The number of carbonyl (C=O) groups excluding carboxylic acids is 1. The number of amides is 1. The average molecular weight is 216 g/mol. The van der Waals surface area contributed by atoms with Gasteiger partial charge in [0.2, 0.25) is 5.91 Å². The van der Waals surface area contributed by atoms with Gasteiger partial charge in [0, 0.05) is 20.0 Å². The monoisotopic (exact) mass is 216 g/mol. The minimum Gasteiger partial charge on any atom is -0.393 e. The van der Waals surface area contributed by atoms with Gasteiger partial charge in [0.15, 0.2) is 0 Å². The average Bonchev–Trinajstić information content (AvgIpc) is 2.21. The van der Waals surface area contributed by atoms with Crippen LogP contribution in [0.3, 0.4) is 0 Å². The van der Waals surface area contributed by atoms with Crippen molar-refractivity contribution in [3.63, 3.8) is 0 Å². The number of rotatable bonds is 7. The van der Waals surface area contributed by atoms with Crippen LogP contribution in [0.15, 0.2) is 0 Å². The highest BCUT2D eigenvalue weighted by molar-refractivity contribution is 5.76. The van der Waals surface area contributed by atoms with Crippen LogP contribution in [0.2, 0.25) is 0 Å². The molecule has 0 saturated carbocycles. The lowest BCUT2D eigenvalue weighted by atomic mass is 10.0. The topological polar surface area (TPSA) is 66.6 Å². The van der Waals surface area contributed by atoms with Crippen LogP contribution < -0.4 is 5.73 Å². The van der Waals surface area contributed by atoms with Gasteiger partial charge in [-0.05, 0) is 25.8 Å². The normalized spacial score (nSPS) is 14.7. The lowest BCUT2D eigenvalue weighted by molar-refractivity contribution is -0.131. The SMILES string of the molecule is CCC(CN)CC(=O)N(C)CCC(C)O. The summed E-state index contributed by atoms with van der Waals surface area (Å²) in [5.41, 5.74) is 5.54. The molecule has 4 heteroatoms. The highest BCUT2D eigenvalue weighted by atomic mass is 16.3. The standard InChI is InChI=1S/C11H24N2O2/c1-4-10(8-12)7-11(15)13(3)6-5-9(2)14/h9-10,14H,4-8,12H2,1-3H3. The second-order valence-electron chi connectivity index (χ2n) is 4.17. The smallest absolute Gasteiger partial charge is 0.222 e. The summed E-state index contributed by atoms with van der Waals surface area (Å²) in [6.07, 6.45) is 1.73. The second-order valence-corrected chi connectivity index (χ2v) is 4.17. The van der Waals surface area contributed by atoms with E-state index in [4.69, 9.17) is 10.8 Å². The molecule has 4 nitrogen and oxygen atoms in total. The molecule has 2 atom stereocenters. The highest BCUT2D eigenvalue weighted by Crippen LogP contribution is 2.08. The van der Waals surface area contributed by atoms with Gasteiger partial charge in [-0.25, -0.2) is 0 Å². The van der Waals surface area contributed by atoms with Crippen molar-refractivity contribution in [2.24, 2.45) is 11.7 Å². The predicted octanol–water partition coefficient (Wildman–Crippen LogP) is 0.591. The zero-order valence-electron chi connectivity index (χ0n) is 10.1. The Labute approximate surface area is 92.4 Å². The van der Waals surface area contributed by atoms with Crippen molar-refractivity contribution < 1.29 is 9.90 Å². The van der Waals surface area contributed by atoms with Crippen LogP contribution >= 0.6 is 0 Å². The Morgan fingerprint density at radius 3 is 2.53 bits per heavy atom. The van der Waals surface area contributed by atoms with Gasteiger partial charge in [0.05, 0.1) is 6.10 Å². The van der Waals surface area contributed by atoms with Gasteiger partial charge in [-0.2, -0.15) is 0 Å². The summed E-state index contributed by atoms with van der Waals surface area (Å²) < 4.78 is 0. The first-order valence-electron chi connectivity index (χ1n) is 5.63. The number of aliphatic hydroxyl groups excluding tert-OH is 1. The Bertz CT molecular complexity index is 179. The molecular weight excluding hydrogens is 192 g/mol. The van der Waals surface area contributed by atoms with Crippen molar-refractivity contribution in [1.82, 2.24) is 4.90 Å². The number of hydrogen-bond acceptors (Lipinski definition) is 3. The van der Waals surface area contributed by atoms with Crippen LogP contribution in [-0.4, -0.2) is 42.2 Å². The second kappa shape index (κ2) is 7.65. The molecule has 0 bridgehead atoms. The van der Waals surface area contributed by atoms with E-state index >= 15 is 0 Å². The van der Waals surface area contributed by atoms with Gasteiger partial charge in [0.1, 0.15) is 0 Å². The number of carbonyl (C=O) groups is 1. The van der Waals surface area contributed by atoms with Crippen LogP contribution in [0.1, 0.15) is 33.1 Å². The van der Waals surface area contributed by atoms with Gasteiger partial charge in [-0.1, -0.05) is 13.3 Å². The number of nitrogens with two attached hydrogens (primary N) is 1. The van der Waals surface area contributed by atoms with Crippen molar-refractivity contribution in [1.29, 1.82) is 0 Å². The summed E-state index contributed by atoms with van der Waals surface area (Å²) >= 11 is 0. The maximum Gasteiger partial charge on any atom is 0.222 e. The maximum atomic E-state index is 11.7. The van der Waals surface area contributed by atoms with Gasteiger partial charge < -0.3 is 15.7 Å². The van der Waals surface area contributed by atoms with Crippen LogP contribution in [0.5, 0.6) is 0 Å². The Kier molecular flexibility index (Phi) is 7.34. The van der Waals surface area contributed by atoms with Gasteiger partial charge in [-0.3, -0.25) is 4.79 Å². The molecule has 2 unspecified atom stereocenters. The molecule has 0 aliphatic carbocycles. The number of aliphatic hydroxyl groups is 1. The molecule has 0 aromatic heterocycles. The van der Waals surface area contributed by atoms with E-state index in [2.05, 4.69) is 0 Å². The minimum atomic E-state index is -0.350. The Morgan fingerprint density at radius 2 is 2.13 bits per heavy atom. The Hall–Kier alpha value is -0.610.